The first kappa shape index (κ1) is 7.66. The molecule has 0 saturated carbocycles. The van der Waals surface area contributed by atoms with Gasteiger partial charge in [-0.2, -0.15) is 0 Å². The summed E-state index contributed by atoms with van der Waals surface area (Å²) in [7, 11) is 0. The molecule has 0 saturated heterocycles. The second kappa shape index (κ2) is 3.64. The molecule has 0 aliphatic heterocycles. The molecule has 8 heavy (non-hydrogen) atoms. The van der Waals surface area contributed by atoms with Gasteiger partial charge in [0.1, 0.15) is 0 Å². The number of hydrogen-bond donors (Lipinski definition) is 2. The molecule has 0 aliphatic carbocycles. The summed E-state index contributed by atoms with van der Waals surface area (Å²) in [5.74, 6) is 0. The third-order valence-electron chi connectivity index (χ3n) is 1.27. The van der Waals surface area contributed by atoms with Crippen molar-refractivity contribution in [2.24, 2.45) is 5.73 Å². The van der Waals surface area contributed by atoms with E-state index in [0.717, 1.165) is 11.1 Å². The fourth-order valence-electron chi connectivity index (χ4n) is 0.309. The van der Waals surface area contributed by atoms with Crippen LogP contribution in [0.25, 0.3) is 0 Å². The summed E-state index contributed by atoms with van der Waals surface area (Å²) >= 11 is 0. The average Bonchev–Trinajstić information content (AvgIpc) is 1.84. The van der Waals surface area contributed by atoms with Gasteiger partial charge in [0.2, 0.25) is 0 Å². The van der Waals surface area contributed by atoms with Crippen LogP contribution in [-0.2, 0) is 0 Å². The summed E-state index contributed by atoms with van der Waals surface area (Å²) in [5.41, 5.74) is 7.34. The second-order valence-corrected chi connectivity index (χ2v) is 1.92. The highest BCUT2D eigenvalue weighted by Crippen LogP contribution is 1.97. The zero-order chi connectivity index (χ0) is 6.57. The number of nitrogens with two attached hydrogens (primary N) is 1. The van der Waals surface area contributed by atoms with Crippen LogP contribution >= 0.6 is 0 Å². The Kier molecular flexibility index (Phi) is 3.48. The fourth-order valence-corrected chi connectivity index (χ4v) is 0.309. The number of aliphatic hydroxyl groups excluding tert-OH is 1. The van der Waals surface area contributed by atoms with Crippen LogP contribution in [0.1, 0.15) is 13.8 Å². The lowest BCUT2D eigenvalue weighted by Crippen LogP contribution is -2.03. The van der Waals surface area contributed by atoms with Crippen molar-refractivity contribution in [3.8, 4) is 0 Å². The summed E-state index contributed by atoms with van der Waals surface area (Å²) in [6, 6.07) is 0. The molecule has 0 bridgehead atoms. The lowest BCUT2D eigenvalue weighted by Gasteiger charge is -1.98. The maximum atomic E-state index is 8.52. The topological polar surface area (TPSA) is 46.2 Å². The maximum Gasteiger partial charge on any atom is 0.0642 e. The van der Waals surface area contributed by atoms with Gasteiger partial charge < -0.3 is 10.8 Å². The molecule has 0 radical (unpaired) electrons. The Balaban J connectivity index is 3.83. The Bertz CT molecular complexity index is 84.7. The highest BCUT2D eigenvalue weighted by molar-refractivity contribution is 5.10. The van der Waals surface area contributed by atoms with Crippen molar-refractivity contribution < 1.29 is 5.11 Å². The molecule has 0 spiro atoms. The lowest BCUT2D eigenvalue weighted by molar-refractivity contribution is 0.330. The predicted octanol–water partition coefficient (Wildman–Crippen LogP) is 0.274. The van der Waals surface area contributed by atoms with Gasteiger partial charge in [-0.3, -0.25) is 0 Å². The normalized spacial score (nSPS) is 13.5. The van der Waals surface area contributed by atoms with E-state index in [1.807, 2.05) is 13.8 Å². The van der Waals surface area contributed by atoms with Crippen LogP contribution in [-0.4, -0.2) is 18.3 Å². The first-order valence-electron chi connectivity index (χ1n) is 2.68. The molecule has 0 aromatic heterocycles. The van der Waals surface area contributed by atoms with Gasteiger partial charge in [-0.25, -0.2) is 0 Å². The molecule has 0 fully saturated rings. The van der Waals surface area contributed by atoms with Crippen molar-refractivity contribution >= 4 is 0 Å². The largest absolute Gasteiger partial charge is 0.392 e. The Morgan fingerprint density at radius 1 is 1.38 bits per heavy atom. The molecule has 0 amide bonds. The molecule has 3 N–H and O–H groups in total. The van der Waals surface area contributed by atoms with Crippen LogP contribution < -0.4 is 5.73 Å². The molecule has 0 aromatic carbocycles. The quantitative estimate of drug-likeness (QED) is 0.507. The van der Waals surface area contributed by atoms with Crippen molar-refractivity contribution in [2.75, 3.05) is 13.2 Å². The minimum atomic E-state index is 0.128. The van der Waals surface area contributed by atoms with Crippen molar-refractivity contribution in [1.29, 1.82) is 0 Å². The van der Waals surface area contributed by atoms with Crippen LogP contribution in [0.3, 0.4) is 0 Å². The van der Waals surface area contributed by atoms with Crippen LogP contribution in [0.4, 0.5) is 0 Å². The van der Waals surface area contributed by atoms with Crippen LogP contribution in [0.5, 0.6) is 0 Å². The SMILES string of the molecule is C/C(CN)=C(\C)CO. The van der Waals surface area contributed by atoms with Gasteiger partial charge in [0.05, 0.1) is 6.61 Å². The molecule has 2 nitrogen and oxygen atoms in total. The van der Waals surface area contributed by atoms with E-state index in [1.54, 1.807) is 0 Å². The molecule has 2 heteroatoms. The molecule has 0 unspecified atom stereocenters. The van der Waals surface area contributed by atoms with Crippen LogP contribution in [0, 0.1) is 0 Å². The highest BCUT2D eigenvalue weighted by Gasteiger charge is 1.89. The Morgan fingerprint density at radius 3 is 2.00 bits per heavy atom. The van der Waals surface area contributed by atoms with E-state index in [2.05, 4.69) is 0 Å². The standard InChI is InChI=1S/C6H13NO/c1-5(3-7)6(2)4-8/h8H,3-4,7H2,1-2H3/b6-5-. The second-order valence-electron chi connectivity index (χ2n) is 1.92. The minimum absolute atomic E-state index is 0.128. The van der Waals surface area contributed by atoms with E-state index < -0.39 is 0 Å². The maximum absolute atomic E-state index is 8.52. The van der Waals surface area contributed by atoms with E-state index in [1.165, 1.54) is 0 Å². The zero-order valence-electron chi connectivity index (χ0n) is 5.44. The molecular formula is C6H13NO. The van der Waals surface area contributed by atoms with Gasteiger partial charge in [0.25, 0.3) is 0 Å². The minimum Gasteiger partial charge on any atom is -0.392 e. The first-order chi connectivity index (χ1) is 3.72. The van der Waals surface area contributed by atoms with E-state index in [4.69, 9.17) is 10.8 Å². The monoisotopic (exact) mass is 115 g/mol. The Labute approximate surface area is 50.0 Å². The summed E-state index contributed by atoms with van der Waals surface area (Å²) in [4.78, 5) is 0. The lowest BCUT2D eigenvalue weighted by atomic mass is 10.2. The molecule has 48 valence electrons. The molecule has 0 aliphatic rings. The van der Waals surface area contributed by atoms with Gasteiger partial charge in [-0.05, 0) is 19.4 Å². The van der Waals surface area contributed by atoms with Gasteiger partial charge in [-0.15, -0.1) is 0 Å². The third kappa shape index (κ3) is 2.09. The van der Waals surface area contributed by atoms with Gasteiger partial charge >= 0.3 is 0 Å². The highest BCUT2D eigenvalue weighted by atomic mass is 16.3. The van der Waals surface area contributed by atoms with E-state index in [0.29, 0.717) is 6.54 Å². The Morgan fingerprint density at radius 2 is 1.88 bits per heavy atom. The van der Waals surface area contributed by atoms with Crippen molar-refractivity contribution in [1.82, 2.24) is 0 Å². The first-order valence-corrected chi connectivity index (χ1v) is 2.68. The Hall–Kier alpha value is -0.340. The molecule has 0 heterocycles. The van der Waals surface area contributed by atoms with Crippen molar-refractivity contribution in [3.05, 3.63) is 11.1 Å². The molecule has 0 rings (SSSR count). The van der Waals surface area contributed by atoms with Gasteiger partial charge in [-0.1, -0.05) is 5.57 Å². The van der Waals surface area contributed by atoms with Gasteiger partial charge in [0, 0.05) is 6.54 Å². The molecule has 0 aromatic rings. The summed E-state index contributed by atoms with van der Waals surface area (Å²) in [6.07, 6.45) is 0. The molecular weight excluding hydrogens is 102 g/mol. The van der Waals surface area contributed by atoms with Gasteiger partial charge in [0.15, 0.2) is 0 Å². The number of rotatable bonds is 2. The van der Waals surface area contributed by atoms with Crippen LogP contribution in [0.2, 0.25) is 0 Å². The van der Waals surface area contributed by atoms with E-state index in [-0.39, 0.29) is 6.61 Å². The zero-order valence-corrected chi connectivity index (χ0v) is 5.44. The third-order valence-corrected chi connectivity index (χ3v) is 1.27. The smallest absolute Gasteiger partial charge is 0.0642 e. The number of hydrogen-bond acceptors (Lipinski definition) is 2. The van der Waals surface area contributed by atoms with E-state index >= 15 is 0 Å². The summed E-state index contributed by atoms with van der Waals surface area (Å²) < 4.78 is 0. The predicted molar refractivity (Wildman–Crippen MR) is 34.5 cm³/mol. The summed E-state index contributed by atoms with van der Waals surface area (Å²) in [6.45, 7) is 4.48. The fraction of sp³-hybridized carbons (Fsp3) is 0.667. The van der Waals surface area contributed by atoms with Crippen molar-refractivity contribution in [2.45, 2.75) is 13.8 Å². The summed E-state index contributed by atoms with van der Waals surface area (Å²) in [5, 5.41) is 8.52. The average molecular weight is 115 g/mol. The van der Waals surface area contributed by atoms with E-state index in [9.17, 15) is 0 Å². The number of aliphatic hydroxyl groups is 1. The molecule has 0 atom stereocenters. The van der Waals surface area contributed by atoms with Crippen LogP contribution in [0.15, 0.2) is 11.1 Å². The van der Waals surface area contributed by atoms with Crippen molar-refractivity contribution in [3.63, 3.8) is 0 Å².